The van der Waals surface area contributed by atoms with Gasteiger partial charge >= 0.3 is 0 Å². The van der Waals surface area contributed by atoms with Crippen LogP contribution >= 0.6 is 0 Å². The van der Waals surface area contributed by atoms with Gasteiger partial charge in [-0.25, -0.2) is 0 Å². The maximum Gasteiger partial charge on any atom is 0.220 e. The van der Waals surface area contributed by atoms with Crippen molar-refractivity contribution in [2.75, 3.05) is 6.61 Å². The number of ketones is 1. The van der Waals surface area contributed by atoms with Gasteiger partial charge in [0.25, 0.3) is 0 Å². The Balaban J connectivity index is 2.59. The van der Waals surface area contributed by atoms with Crippen LogP contribution in [0.1, 0.15) is 0 Å². The highest BCUT2D eigenvalue weighted by Gasteiger charge is 2.21. The Labute approximate surface area is 57.7 Å². The third-order valence-electron chi connectivity index (χ3n) is 1.20. The molecule has 0 spiro atoms. The van der Waals surface area contributed by atoms with Crippen molar-refractivity contribution in [1.29, 1.82) is 0 Å². The maximum atomic E-state index is 10.5. The first-order valence-electron chi connectivity index (χ1n) is 2.90. The topological polar surface area (TPSA) is 66.8 Å². The third kappa shape index (κ3) is 1.41. The summed E-state index contributed by atoms with van der Waals surface area (Å²) in [5, 5.41) is 17.2. The zero-order chi connectivity index (χ0) is 7.56. The number of carbonyl (C=O) groups excluding carboxylic acids is 1. The summed E-state index contributed by atoms with van der Waals surface area (Å²) < 4.78 is 4.62. The van der Waals surface area contributed by atoms with Gasteiger partial charge in [-0.3, -0.25) is 4.79 Å². The first kappa shape index (κ1) is 7.40. The minimum absolute atomic E-state index is 0.221. The Bertz CT molecular complexity index is 163. The molecule has 0 aromatic rings. The maximum absolute atomic E-state index is 10.5. The van der Waals surface area contributed by atoms with Gasteiger partial charge < -0.3 is 14.9 Å². The molecule has 4 nitrogen and oxygen atoms in total. The van der Waals surface area contributed by atoms with Gasteiger partial charge in [-0.05, 0) is 12.2 Å². The molecule has 2 N–H and O–H groups in total. The smallest absolute Gasteiger partial charge is 0.220 e. The van der Waals surface area contributed by atoms with Gasteiger partial charge in [0.2, 0.25) is 12.1 Å². The van der Waals surface area contributed by atoms with Crippen LogP contribution in [-0.4, -0.2) is 35.0 Å². The van der Waals surface area contributed by atoms with Crippen molar-refractivity contribution in [3.05, 3.63) is 12.2 Å². The van der Waals surface area contributed by atoms with Crippen molar-refractivity contribution in [2.24, 2.45) is 0 Å². The number of rotatable bonds is 1. The van der Waals surface area contributed by atoms with Crippen LogP contribution in [0.5, 0.6) is 0 Å². The van der Waals surface area contributed by atoms with E-state index < -0.39 is 18.2 Å². The molecule has 2 atom stereocenters. The molecule has 0 aliphatic carbocycles. The van der Waals surface area contributed by atoms with Gasteiger partial charge in [0.1, 0.15) is 6.10 Å². The van der Waals surface area contributed by atoms with E-state index in [1.54, 1.807) is 0 Å². The zero-order valence-corrected chi connectivity index (χ0v) is 5.23. The highest BCUT2D eigenvalue weighted by atomic mass is 16.6. The minimum Gasteiger partial charge on any atom is -0.393 e. The highest BCUT2D eigenvalue weighted by Crippen LogP contribution is 2.05. The quantitative estimate of drug-likeness (QED) is 0.486. The van der Waals surface area contributed by atoms with E-state index in [0.717, 1.165) is 0 Å². The standard InChI is InChI=1S/C6H8O4/c7-3-4-1-2-5(8)6(9)10-4/h1-2,4,6-7,9H,3H2/t4-,6-/m0/s1. The monoisotopic (exact) mass is 144 g/mol. The lowest BCUT2D eigenvalue weighted by atomic mass is 10.2. The average molecular weight is 144 g/mol. The Kier molecular flexibility index (Phi) is 2.16. The van der Waals surface area contributed by atoms with Crippen molar-refractivity contribution >= 4 is 5.78 Å². The number of carbonyl (C=O) groups is 1. The predicted molar refractivity (Wildman–Crippen MR) is 32.1 cm³/mol. The predicted octanol–water partition coefficient (Wildman–Crippen LogP) is -1.18. The molecule has 1 heterocycles. The van der Waals surface area contributed by atoms with Gasteiger partial charge in [-0.1, -0.05) is 0 Å². The normalized spacial score (nSPS) is 32.8. The number of aliphatic hydroxyl groups is 2. The molecule has 56 valence electrons. The van der Waals surface area contributed by atoms with E-state index in [-0.39, 0.29) is 6.61 Å². The van der Waals surface area contributed by atoms with Gasteiger partial charge in [-0.2, -0.15) is 0 Å². The molecule has 10 heavy (non-hydrogen) atoms. The van der Waals surface area contributed by atoms with Gasteiger partial charge in [-0.15, -0.1) is 0 Å². The summed E-state index contributed by atoms with van der Waals surface area (Å²) in [6.07, 6.45) is 0.666. The Morgan fingerprint density at radius 3 is 2.90 bits per heavy atom. The molecule has 0 unspecified atom stereocenters. The molecule has 0 aromatic carbocycles. The highest BCUT2D eigenvalue weighted by molar-refractivity contribution is 5.93. The zero-order valence-electron chi connectivity index (χ0n) is 5.23. The molecule has 1 aliphatic heterocycles. The van der Waals surface area contributed by atoms with E-state index in [2.05, 4.69) is 4.74 Å². The van der Waals surface area contributed by atoms with Crippen LogP contribution in [0.25, 0.3) is 0 Å². The molecule has 1 rings (SSSR count). The minimum atomic E-state index is -1.40. The number of ether oxygens (including phenoxy) is 1. The first-order chi connectivity index (χ1) is 4.74. The van der Waals surface area contributed by atoms with Crippen LogP contribution in [0.2, 0.25) is 0 Å². The van der Waals surface area contributed by atoms with Crippen LogP contribution in [0.15, 0.2) is 12.2 Å². The van der Waals surface area contributed by atoms with Crippen molar-refractivity contribution in [1.82, 2.24) is 0 Å². The van der Waals surface area contributed by atoms with Crippen molar-refractivity contribution in [3.8, 4) is 0 Å². The summed E-state index contributed by atoms with van der Waals surface area (Å²) in [7, 11) is 0. The lowest BCUT2D eigenvalue weighted by Crippen LogP contribution is -2.33. The van der Waals surface area contributed by atoms with E-state index in [1.807, 2.05) is 0 Å². The molecule has 0 saturated carbocycles. The van der Waals surface area contributed by atoms with Gasteiger partial charge in [0.15, 0.2) is 0 Å². The molecular formula is C6H8O4. The van der Waals surface area contributed by atoms with Crippen LogP contribution in [-0.2, 0) is 9.53 Å². The summed E-state index contributed by atoms with van der Waals surface area (Å²) in [6.45, 7) is -0.221. The summed E-state index contributed by atoms with van der Waals surface area (Å²) in [5.41, 5.74) is 0. The van der Waals surface area contributed by atoms with E-state index in [4.69, 9.17) is 10.2 Å². The second-order valence-electron chi connectivity index (χ2n) is 1.97. The molecule has 0 bridgehead atoms. The van der Waals surface area contributed by atoms with E-state index in [9.17, 15) is 4.79 Å². The fourth-order valence-electron chi connectivity index (χ4n) is 0.666. The fraction of sp³-hybridized carbons (Fsp3) is 0.500. The molecular weight excluding hydrogens is 136 g/mol. The molecule has 0 radical (unpaired) electrons. The van der Waals surface area contributed by atoms with Crippen molar-refractivity contribution in [2.45, 2.75) is 12.4 Å². The Morgan fingerprint density at radius 2 is 2.40 bits per heavy atom. The Hall–Kier alpha value is -0.710. The van der Waals surface area contributed by atoms with Gasteiger partial charge in [0, 0.05) is 0 Å². The Morgan fingerprint density at radius 1 is 1.70 bits per heavy atom. The lowest BCUT2D eigenvalue weighted by Gasteiger charge is -2.18. The van der Waals surface area contributed by atoms with Crippen LogP contribution < -0.4 is 0 Å². The molecule has 0 amide bonds. The average Bonchev–Trinajstić information content (AvgIpc) is 1.95. The van der Waals surface area contributed by atoms with E-state index >= 15 is 0 Å². The number of aliphatic hydroxyl groups excluding tert-OH is 2. The fourth-order valence-corrected chi connectivity index (χ4v) is 0.666. The van der Waals surface area contributed by atoms with Crippen LogP contribution in [0.4, 0.5) is 0 Å². The van der Waals surface area contributed by atoms with Crippen LogP contribution in [0, 0.1) is 0 Å². The largest absolute Gasteiger partial charge is 0.393 e. The van der Waals surface area contributed by atoms with Crippen molar-refractivity contribution in [3.63, 3.8) is 0 Å². The summed E-state index contributed by atoms with van der Waals surface area (Å²) in [6, 6.07) is 0. The SMILES string of the molecule is O=C1C=C[C@@H](CO)O[C@@H]1O. The molecule has 1 aliphatic rings. The molecule has 0 saturated heterocycles. The second-order valence-corrected chi connectivity index (χ2v) is 1.97. The van der Waals surface area contributed by atoms with Crippen molar-refractivity contribution < 1.29 is 19.7 Å². The first-order valence-corrected chi connectivity index (χ1v) is 2.90. The number of hydrogen-bond donors (Lipinski definition) is 2. The second kappa shape index (κ2) is 2.92. The molecule has 0 fully saturated rings. The summed E-state index contributed by atoms with van der Waals surface area (Å²) in [4.78, 5) is 10.5. The van der Waals surface area contributed by atoms with E-state index in [0.29, 0.717) is 0 Å². The van der Waals surface area contributed by atoms with Gasteiger partial charge in [0.05, 0.1) is 6.61 Å². The lowest BCUT2D eigenvalue weighted by molar-refractivity contribution is -0.164. The van der Waals surface area contributed by atoms with Crippen LogP contribution in [0.3, 0.4) is 0 Å². The summed E-state index contributed by atoms with van der Waals surface area (Å²) in [5.74, 6) is -0.482. The number of hydrogen-bond acceptors (Lipinski definition) is 4. The molecule has 4 heteroatoms. The van der Waals surface area contributed by atoms with E-state index in [1.165, 1.54) is 12.2 Å². The third-order valence-corrected chi connectivity index (χ3v) is 1.20. The molecule has 0 aromatic heterocycles. The summed E-state index contributed by atoms with van der Waals surface area (Å²) >= 11 is 0.